The third-order valence-corrected chi connectivity index (χ3v) is 4.03. The van der Waals surface area contributed by atoms with E-state index in [1.165, 1.54) is 17.8 Å². The molecule has 0 spiro atoms. The summed E-state index contributed by atoms with van der Waals surface area (Å²) in [6, 6.07) is 14.0. The van der Waals surface area contributed by atoms with Gasteiger partial charge in [0.25, 0.3) is 5.91 Å². The maximum atomic E-state index is 12.6. The number of nitrogen functional groups attached to an aromatic ring is 1. The Bertz CT molecular complexity index is 1090. The van der Waals surface area contributed by atoms with Gasteiger partial charge in [-0.2, -0.15) is 10.4 Å². The number of carbonyl (C=O) groups excluding carboxylic acids is 2. The van der Waals surface area contributed by atoms with Crippen LogP contribution in [-0.4, -0.2) is 21.6 Å². The first-order valence-electron chi connectivity index (χ1n) is 8.42. The van der Waals surface area contributed by atoms with Crippen LogP contribution in [0.1, 0.15) is 28.4 Å². The van der Waals surface area contributed by atoms with Gasteiger partial charge in [-0.25, -0.2) is 4.68 Å². The number of benzene rings is 2. The van der Waals surface area contributed by atoms with Crippen LogP contribution in [0, 0.1) is 18.3 Å². The molecule has 0 atom stereocenters. The first kappa shape index (κ1) is 18.7. The van der Waals surface area contributed by atoms with Crippen molar-refractivity contribution in [2.45, 2.75) is 13.8 Å². The SMILES string of the molecule is CC(=O)Nc1ccc(C)cc1NC(=O)c1ccc(-n2ncc(C#N)c2N)cc1. The number of hydrogen-bond donors (Lipinski definition) is 3. The Labute approximate surface area is 161 Å². The number of carbonyl (C=O) groups is 2. The van der Waals surface area contributed by atoms with Crippen molar-refractivity contribution in [3.05, 3.63) is 65.4 Å². The van der Waals surface area contributed by atoms with E-state index in [0.29, 0.717) is 22.6 Å². The highest BCUT2D eigenvalue weighted by Crippen LogP contribution is 2.24. The molecule has 0 fully saturated rings. The molecule has 0 bridgehead atoms. The van der Waals surface area contributed by atoms with E-state index in [9.17, 15) is 9.59 Å². The average molecular weight is 374 g/mol. The first-order valence-corrected chi connectivity index (χ1v) is 8.42. The van der Waals surface area contributed by atoms with Crippen LogP contribution < -0.4 is 16.4 Å². The number of hydrogen-bond acceptors (Lipinski definition) is 5. The number of anilines is 3. The quantitative estimate of drug-likeness (QED) is 0.647. The van der Waals surface area contributed by atoms with Crippen LogP contribution in [0.15, 0.2) is 48.7 Å². The second kappa shape index (κ2) is 7.63. The van der Waals surface area contributed by atoms with E-state index in [2.05, 4.69) is 15.7 Å². The highest BCUT2D eigenvalue weighted by atomic mass is 16.2. The van der Waals surface area contributed by atoms with Gasteiger partial charge in [-0.05, 0) is 48.9 Å². The van der Waals surface area contributed by atoms with Crippen molar-refractivity contribution in [2.24, 2.45) is 0 Å². The molecule has 1 aromatic heterocycles. The summed E-state index contributed by atoms with van der Waals surface area (Å²) >= 11 is 0. The van der Waals surface area contributed by atoms with Gasteiger partial charge in [-0.15, -0.1) is 0 Å². The molecule has 28 heavy (non-hydrogen) atoms. The van der Waals surface area contributed by atoms with Gasteiger partial charge in [0, 0.05) is 12.5 Å². The zero-order valence-electron chi connectivity index (χ0n) is 15.4. The maximum absolute atomic E-state index is 12.6. The number of rotatable bonds is 4. The first-order chi connectivity index (χ1) is 13.4. The van der Waals surface area contributed by atoms with Gasteiger partial charge < -0.3 is 16.4 Å². The molecular weight excluding hydrogens is 356 g/mol. The van der Waals surface area contributed by atoms with Crippen LogP contribution in [-0.2, 0) is 4.79 Å². The largest absolute Gasteiger partial charge is 0.382 e. The molecule has 0 aliphatic heterocycles. The Hall–Kier alpha value is -4.12. The zero-order chi connectivity index (χ0) is 20.3. The van der Waals surface area contributed by atoms with Crippen molar-refractivity contribution in [3.8, 4) is 11.8 Å². The predicted molar refractivity (Wildman–Crippen MR) is 106 cm³/mol. The lowest BCUT2D eigenvalue weighted by molar-refractivity contribution is -0.114. The Kier molecular flexibility index (Phi) is 5.09. The summed E-state index contributed by atoms with van der Waals surface area (Å²) in [5, 5.41) is 18.6. The van der Waals surface area contributed by atoms with Gasteiger partial charge in [0.05, 0.1) is 23.3 Å². The molecule has 2 amide bonds. The van der Waals surface area contributed by atoms with E-state index in [1.54, 1.807) is 36.4 Å². The van der Waals surface area contributed by atoms with Crippen molar-refractivity contribution < 1.29 is 9.59 Å². The topological polar surface area (TPSA) is 126 Å². The number of aryl methyl sites for hydroxylation is 1. The monoisotopic (exact) mass is 374 g/mol. The van der Waals surface area contributed by atoms with E-state index in [4.69, 9.17) is 11.0 Å². The summed E-state index contributed by atoms with van der Waals surface area (Å²) in [4.78, 5) is 24.0. The lowest BCUT2D eigenvalue weighted by atomic mass is 10.1. The Balaban J connectivity index is 1.82. The number of amides is 2. The Morgan fingerprint density at radius 1 is 1.11 bits per heavy atom. The minimum Gasteiger partial charge on any atom is -0.382 e. The highest BCUT2D eigenvalue weighted by Gasteiger charge is 2.12. The van der Waals surface area contributed by atoms with Gasteiger partial charge in [-0.3, -0.25) is 9.59 Å². The highest BCUT2D eigenvalue weighted by molar-refractivity contribution is 6.07. The number of nitriles is 1. The zero-order valence-corrected chi connectivity index (χ0v) is 15.4. The van der Waals surface area contributed by atoms with E-state index in [-0.39, 0.29) is 23.2 Å². The molecular formula is C20H18N6O2. The molecule has 2 aromatic carbocycles. The van der Waals surface area contributed by atoms with Gasteiger partial charge >= 0.3 is 0 Å². The standard InChI is InChI=1S/C20H18N6O2/c1-12-3-8-17(24-13(2)27)18(9-12)25-20(28)14-4-6-16(7-5-14)26-19(22)15(10-21)11-23-26/h3-9,11H,22H2,1-2H3,(H,24,27)(H,25,28). The third kappa shape index (κ3) is 3.83. The lowest BCUT2D eigenvalue weighted by Gasteiger charge is -2.13. The van der Waals surface area contributed by atoms with E-state index < -0.39 is 0 Å². The van der Waals surface area contributed by atoms with Crippen LogP contribution >= 0.6 is 0 Å². The second-order valence-electron chi connectivity index (χ2n) is 6.20. The predicted octanol–water partition coefficient (Wildman–Crippen LogP) is 2.85. The van der Waals surface area contributed by atoms with Gasteiger partial charge in [-0.1, -0.05) is 6.07 Å². The van der Waals surface area contributed by atoms with Crippen LogP contribution in [0.5, 0.6) is 0 Å². The van der Waals surface area contributed by atoms with E-state index in [0.717, 1.165) is 5.56 Å². The molecule has 8 nitrogen and oxygen atoms in total. The van der Waals surface area contributed by atoms with Crippen molar-refractivity contribution in [1.82, 2.24) is 9.78 Å². The molecule has 3 aromatic rings. The van der Waals surface area contributed by atoms with Crippen LogP contribution in [0.3, 0.4) is 0 Å². The van der Waals surface area contributed by atoms with Crippen molar-refractivity contribution in [1.29, 1.82) is 5.26 Å². The summed E-state index contributed by atoms with van der Waals surface area (Å²) in [5.41, 5.74) is 9.20. The fourth-order valence-electron chi connectivity index (χ4n) is 2.66. The minimum atomic E-state index is -0.324. The second-order valence-corrected chi connectivity index (χ2v) is 6.20. The molecule has 0 aliphatic carbocycles. The number of nitrogens with zero attached hydrogens (tertiary/aromatic N) is 3. The van der Waals surface area contributed by atoms with Crippen molar-refractivity contribution in [3.63, 3.8) is 0 Å². The smallest absolute Gasteiger partial charge is 0.255 e. The molecule has 140 valence electrons. The molecule has 0 saturated carbocycles. The maximum Gasteiger partial charge on any atom is 0.255 e. The summed E-state index contributed by atoms with van der Waals surface area (Å²) in [6.07, 6.45) is 1.39. The van der Waals surface area contributed by atoms with E-state index >= 15 is 0 Å². The summed E-state index contributed by atoms with van der Waals surface area (Å²) in [6.45, 7) is 3.30. The molecule has 8 heteroatoms. The summed E-state index contributed by atoms with van der Waals surface area (Å²) in [7, 11) is 0. The number of aromatic nitrogens is 2. The fraction of sp³-hybridized carbons (Fsp3) is 0.100. The minimum absolute atomic E-state index is 0.225. The lowest BCUT2D eigenvalue weighted by Crippen LogP contribution is -2.15. The molecule has 0 aliphatic rings. The van der Waals surface area contributed by atoms with Crippen LogP contribution in [0.4, 0.5) is 17.2 Å². The number of nitrogens with one attached hydrogen (secondary N) is 2. The molecule has 4 N–H and O–H groups in total. The molecule has 1 heterocycles. The van der Waals surface area contributed by atoms with Crippen LogP contribution in [0.25, 0.3) is 5.69 Å². The third-order valence-electron chi connectivity index (χ3n) is 4.03. The van der Waals surface area contributed by atoms with Gasteiger partial charge in [0.15, 0.2) is 0 Å². The number of nitrogens with two attached hydrogens (primary N) is 1. The summed E-state index contributed by atoms with van der Waals surface area (Å²) in [5.74, 6) is -0.313. The normalized spacial score (nSPS) is 10.2. The van der Waals surface area contributed by atoms with Crippen molar-refractivity contribution >= 4 is 29.0 Å². The molecule has 0 radical (unpaired) electrons. The molecule has 3 rings (SSSR count). The Morgan fingerprint density at radius 3 is 2.43 bits per heavy atom. The van der Waals surface area contributed by atoms with Gasteiger partial charge in [0.2, 0.25) is 5.91 Å². The summed E-state index contributed by atoms with van der Waals surface area (Å²) < 4.78 is 1.43. The fourth-order valence-corrected chi connectivity index (χ4v) is 2.66. The van der Waals surface area contributed by atoms with Crippen LogP contribution in [0.2, 0.25) is 0 Å². The van der Waals surface area contributed by atoms with E-state index in [1.807, 2.05) is 19.1 Å². The molecule has 0 saturated heterocycles. The van der Waals surface area contributed by atoms with Crippen molar-refractivity contribution in [2.75, 3.05) is 16.4 Å². The Morgan fingerprint density at radius 2 is 1.82 bits per heavy atom. The van der Waals surface area contributed by atoms with Gasteiger partial charge in [0.1, 0.15) is 17.5 Å². The molecule has 0 unspecified atom stereocenters. The average Bonchev–Trinajstić information content (AvgIpc) is 3.04.